The molecule has 0 aliphatic carbocycles. The molecule has 0 spiro atoms. The second kappa shape index (κ2) is 9.34. The number of carbonyl (C=O) groups excluding carboxylic acids is 1. The van der Waals surface area contributed by atoms with Gasteiger partial charge in [0.2, 0.25) is 5.82 Å². The summed E-state index contributed by atoms with van der Waals surface area (Å²) in [6, 6.07) is 20.8. The van der Waals surface area contributed by atoms with E-state index in [1.54, 1.807) is 12.0 Å². The summed E-state index contributed by atoms with van der Waals surface area (Å²) in [5.41, 5.74) is 7.34. The standard InChI is InChI=1S/C29H28N4O3/c1-17-9-12-21(13-10-17)27-31-28(36-32-27)25-20(4)33(23-14-11-18(2)19(3)15-23)29(34)30-26(25)22-7-6-8-24(16-22)35-5/h6-16,26H,1-5H3,(H,30,34). The summed E-state index contributed by atoms with van der Waals surface area (Å²) in [7, 11) is 1.62. The third-order valence-corrected chi connectivity index (χ3v) is 6.63. The minimum Gasteiger partial charge on any atom is -0.497 e. The van der Waals surface area contributed by atoms with Gasteiger partial charge in [-0.05, 0) is 68.7 Å². The van der Waals surface area contributed by atoms with E-state index >= 15 is 0 Å². The van der Waals surface area contributed by atoms with Gasteiger partial charge in [-0.25, -0.2) is 4.79 Å². The van der Waals surface area contributed by atoms with Crippen LogP contribution in [-0.2, 0) is 0 Å². The van der Waals surface area contributed by atoms with Crippen LogP contribution in [0.4, 0.5) is 10.5 Å². The van der Waals surface area contributed by atoms with Crippen LogP contribution in [0.25, 0.3) is 17.0 Å². The van der Waals surface area contributed by atoms with Crippen molar-refractivity contribution in [2.24, 2.45) is 0 Å². The minimum absolute atomic E-state index is 0.231. The van der Waals surface area contributed by atoms with Gasteiger partial charge < -0.3 is 14.6 Å². The molecule has 2 heterocycles. The first-order chi connectivity index (χ1) is 17.4. The lowest BCUT2D eigenvalue weighted by Crippen LogP contribution is -2.46. The van der Waals surface area contributed by atoms with E-state index in [9.17, 15) is 4.79 Å². The average Bonchev–Trinajstić information content (AvgIpc) is 3.36. The minimum atomic E-state index is -0.498. The number of nitrogens with one attached hydrogen (secondary N) is 1. The van der Waals surface area contributed by atoms with Crippen molar-refractivity contribution in [3.63, 3.8) is 0 Å². The molecule has 7 heteroatoms. The molecule has 182 valence electrons. The fourth-order valence-electron chi connectivity index (χ4n) is 4.42. The number of aryl methyl sites for hydroxylation is 3. The van der Waals surface area contributed by atoms with E-state index in [4.69, 9.17) is 14.2 Å². The molecule has 0 fully saturated rings. The number of allylic oxidation sites excluding steroid dienone is 1. The molecule has 0 radical (unpaired) electrons. The summed E-state index contributed by atoms with van der Waals surface area (Å²) < 4.78 is 11.2. The Morgan fingerprint density at radius 2 is 1.72 bits per heavy atom. The lowest BCUT2D eigenvalue weighted by Gasteiger charge is -2.35. The molecule has 1 aromatic heterocycles. The zero-order valence-corrected chi connectivity index (χ0v) is 21.0. The highest BCUT2D eigenvalue weighted by Gasteiger charge is 2.36. The van der Waals surface area contributed by atoms with Crippen molar-refractivity contribution in [2.45, 2.75) is 33.7 Å². The molecule has 0 bridgehead atoms. The van der Waals surface area contributed by atoms with Crippen molar-refractivity contribution in [3.05, 3.63) is 101 Å². The fourth-order valence-corrected chi connectivity index (χ4v) is 4.42. The Morgan fingerprint density at radius 1 is 0.944 bits per heavy atom. The molecule has 0 saturated carbocycles. The number of amides is 2. The number of hydrogen-bond acceptors (Lipinski definition) is 5. The second-order valence-electron chi connectivity index (χ2n) is 9.05. The van der Waals surface area contributed by atoms with E-state index in [0.29, 0.717) is 23.2 Å². The number of methoxy groups -OCH3 is 1. The molecular formula is C29H28N4O3. The highest BCUT2D eigenvalue weighted by molar-refractivity contribution is 6.01. The highest BCUT2D eigenvalue weighted by atomic mass is 16.5. The summed E-state index contributed by atoms with van der Waals surface area (Å²) >= 11 is 0. The Labute approximate surface area is 210 Å². The molecule has 36 heavy (non-hydrogen) atoms. The van der Waals surface area contributed by atoms with E-state index in [-0.39, 0.29) is 6.03 Å². The third kappa shape index (κ3) is 4.24. The van der Waals surface area contributed by atoms with E-state index in [2.05, 4.69) is 10.5 Å². The predicted octanol–water partition coefficient (Wildman–Crippen LogP) is 6.37. The molecule has 0 saturated heterocycles. The van der Waals surface area contributed by atoms with Gasteiger partial charge in [0.1, 0.15) is 5.75 Å². The van der Waals surface area contributed by atoms with Crippen LogP contribution in [0, 0.1) is 20.8 Å². The zero-order valence-electron chi connectivity index (χ0n) is 21.0. The SMILES string of the molecule is COc1cccc(C2NC(=O)N(c3ccc(C)c(C)c3)C(C)=C2c2nc(-c3ccc(C)cc3)no2)c1. The maximum absolute atomic E-state index is 13.5. The van der Waals surface area contributed by atoms with Crippen LogP contribution in [0.3, 0.4) is 0 Å². The maximum atomic E-state index is 13.5. The Morgan fingerprint density at radius 3 is 2.44 bits per heavy atom. The van der Waals surface area contributed by atoms with Gasteiger partial charge in [0.25, 0.3) is 5.89 Å². The Bertz CT molecular complexity index is 1470. The number of hydrogen-bond donors (Lipinski definition) is 1. The van der Waals surface area contributed by atoms with Crippen LogP contribution in [0.1, 0.15) is 41.1 Å². The zero-order chi connectivity index (χ0) is 25.4. The van der Waals surface area contributed by atoms with Gasteiger partial charge in [-0.2, -0.15) is 4.98 Å². The summed E-state index contributed by atoms with van der Waals surface area (Å²) in [6.45, 7) is 8.02. The van der Waals surface area contributed by atoms with Crippen molar-refractivity contribution in [3.8, 4) is 17.1 Å². The van der Waals surface area contributed by atoms with Crippen LogP contribution >= 0.6 is 0 Å². The lowest BCUT2D eigenvalue weighted by atomic mass is 9.94. The van der Waals surface area contributed by atoms with Crippen molar-refractivity contribution in [1.29, 1.82) is 0 Å². The van der Waals surface area contributed by atoms with Crippen LogP contribution < -0.4 is 15.0 Å². The van der Waals surface area contributed by atoms with Crippen LogP contribution in [0.15, 0.2) is 77.0 Å². The smallest absolute Gasteiger partial charge is 0.326 e. The highest BCUT2D eigenvalue weighted by Crippen LogP contribution is 2.40. The number of anilines is 1. The molecule has 1 N–H and O–H groups in total. The average molecular weight is 481 g/mol. The molecule has 5 rings (SSSR count). The van der Waals surface area contributed by atoms with Crippen molar-refractivity contribution >= 4 is 17.3 Å². The lowest BCUT2D eigenvalue weighted by molar-refractivity contribution is 0.244. The largest absolute Gasteiger partial charge is 0.497 e. The first-order valence-electron chi connectivity index (χ1n) is 11.8. The quantitative estimate of drug-likeness (QED) is 0.359. The Kier molecular flexibility index (Phi) is 6.06. The van der Waals surface area contributed by atoms with Gasteiger partial charge in [-0.3, -0.25) is 4.90 Å². The van der Waals surface area contributed by atoms with Gasteiger partial charge in [0, 0.05) is 11.3 Å². The summed E-state index contributed by atoms with van der Waals surface area (Å²) in [4.78, 5) is 19.9. The molecule has 7 nitrogen and oxygen atoms in total. The van der Waals surface area contributed by atoms with Crippen LogP contribution in [0.2, 0.25) is 0 Å². The summed E-state index contributed by atoms with van der Waals surface area (Å²) in [6.07, 6.45) is 0. The topological polar surface area (TPSA) is 80.5 Å². The predicted molar refractivity (Wildman–Crippen MR) is 140 cm³/mol. The van der Waals surface area contributed by atoms with Crippen molar-refractivity contribution in [2.75, 3.05) is 12.0 Å². The van der Waals surface area contributed by atoms with Crippen molar-refractivity contribution in [1.82, 2.24) is 15.5 Å². The monoisotopic (exact) mass is 480 g/mol. The third-order valence-electron chi connectivity index (χ3n) is 6.63. The molecule has 1 unspecified atom stereocenters. The molecule has 4 aromatic rings. The normalized spacial score (nSPS) is 15.8. The molecule has 1 aliphatic heterocycles. The number of rotatable bonds is 5. The van der Waals surface area contributed by atoms with E-state index in [1.165, 1.54) is 0 Å². The Balaban J connectivity index is 1.66. The van der Waals surface area contributed by atoms with E-state index < -0.39 is 6.04 Å². The number of nitrogens with zero attached hydrogens (tertiary/aromatic N) is 3. The number of aromatic nitrogens is 2. The summed E-state index contributed by atoms with van der Waals surface area (Å²) in [5, 5.41) is 7.40. The fraction of sp³-hybridized carbons (Fsp3) is 0.207. The number of urea groups is 1. The molecule has 1 atom stereocenters. The van der Waals surface area contributed by atoms with Gasteiger partial charge in [-0.15, -0.1) is 0 Å². The summed E-state index contributed by atoms with van der Waals surface area (Å²) in [5.74, 6) is 1.54. The first-order valence-corrected chi connectivity index (χ1v) is 11.8. The molecular weight excluding hydrogens is 452 g/mol. The Hall–Kier alpha value is -4.39. The van der Waals surface area contributed by atoms with Gasteiger partial charge in [0.05, 0.1) is 24.4 Å². The van der Waals surface area contributed by atoms with Gasteiger partial charge in [-0.1, -0.05) is 53.2 Å². The van der Waals surface area contributed by atoms with Crippen LogP contribution in [0.5, 0.6) is 5.75 Å². The van der Waals surface area contributed by atoms with Crippen molar-refractivity contribution < 1.29 is 14.1 Å². The molecule has 2 amide bonds. The number of benzene rings is 3. The van der Waals surface area contributed by atoms with Gasteiger partial charge >= 0.3 is 6.03 Å². The van der Waals surface area contributed by atoms with Gasteiger partial charge in [0.15, 0.2) is 0 Å². The number of carbonyl (C=O) groups is 1. The van der Waals surface area contributed by atoms with Crippen LogP contribution in [-0.4, -0.2) is 23.3 Å². The molecule has 1 aliphatic rings. The van der Waals surface area contributed by atoms with E-state index in [1.807, 2.05) is 94.4 Å². The molecule has 3 aromatic carbocycles. The second-order valence-corrected chi connectivity index (χ2v) is 9.05. The first kappa shape index (κ1) is 23.4. The van der Waals surface area contributed by atoms with E-state index in [0.717, 1.165) is 39.1 Å². The maximum Gasteiger partial charge on any atom is 0.326 e. The number of ether oxygens (including phenoxy) is 1.